The molecule has 1 fully saturated rings. The summed E-state index contributed by atoms with van der Waals surface area (Å²) >= 11 is 0. The smallest absolute Gasteiger partial charge is 0.239 e. The summed E-state index contributed by atoms with van der Waals surface area (Å²) in [5, 5.41) is 13.7. The quantitative estimate of drug-likeness (QED) is 0.531. The number of hydrogen-bond donors (Lipinski definition) is 3. The van der Waals surface area contributed by atoms with Crippen LogP contribution in [0.15, 0.2) is 30.3 Å². The molecule has 1 aliphatic rings. The van der Waals surface area contributed by atoms with E-state index in [1.807, 2.05) is 30.3 Å². The molecule has 3 N–H and O–H groups in total. The summed E-state index contributed by atoms with van der Waals surface area (Å²) in [6.45, 7) is 1.52. The maximum Gasteiger partial charge on any atom is 0.239 e. The van der Waals surface area contributed by atoms with Crippen molar-refractivity contribution in [1.82, 2.24) is 10.6 Å². The van der Waals surface area contributed by atoms with E-state index in [0.29, 0.717) is 13.0 Å². The van der Waals surface area contributed by atoms with Gasteiger partial charge in [-0.1, -0.05) is 30.3 Å². The van der Waals surface area contributed by atoms with Gasteiger partial charge in [0.1, 0.15) is 5.60 Å². The van der Waals surface area contributed by atoms with Gasteiger partial charge in [0.15, 0.2) is 5.78 Å². The van der Waals surface area contributed by atoms with Crippen molar-refractivity contribution in [2.45, 2.75) is 31.4 Å². The number of aliphatic hydroxyl groups is 1. The minimum atomic E-state index is -0.840. The summed E-state index contributed by atoms with van der Waals surface area (Å²) in [5.41, 5.74) is 0.0806. The molecule has 130 valence electrons. The van der Waals surface area contributed by atoms with Gasteiger partial charge >= 0.3 is 0 Å². The van der Waals surface area contributed by atoms with Gasteiger partial charge in [-0.15, -0.1) is 0 Å². The lowest BCUT2D eigenvalue weighted by atomic mass is 9.95. The van der Waals surface area contributed by atoms with Crippen molar-refractivity contribution in [2.75, 3.05) is 19.8 Å². The lowest BCUT2D eigenvalue weighted by Crippen LogP contribution is -2.50. The number of aliphatic hydroxyl groups excluding tert-OH is 1. The first-order valence-corrected chi connectivity index (χ1v) is 7.84. The van der Waals surface area contributed by atoms with Crippen molar-refractivity contribution in [3.8, 4) is 0 Å². The molecule has 1 unspecified atom stereocenters. The lowest BCUT2D eigenvalue weighted by molar-refractivity contribution is -0.131. The second-order valence-electron chi connectivity index (χ2n) is 5.94. The van der Waals surface area contributed by atoms with Crippen LogP contribution in [0.25, 0.3) is 0 Å². The Hall–Kier alpha value is -2.25. The van der Waals surface area contributed by atoms with Gasteiger partial charge in [-0.05, 0) is 18.9 Å². The van der Waals surface area contributed by atoms with Crippen LogP contribution in [0.3, 0.4) is 0 Å². The Balaban J connectivity index is 1.96. The average Bonchev–Trinajstić information content (AvgIpc) is 3.32. The minimum absolute atomic E-state index is 0.0639. The van der Waals surface area contributed by atoms with Gasteiger partial charge in [0, 0.05) is 6.42 Å². The molecule has 2 amide bonds. The SMILES string of the molecule is C[C@]1(C(=O)C(Cc2ccccc2)NC(=O)CNC(=O)CCO)CO1. The molecule has 0 aliphatic carbocycles. The molecule has 0 spiro atoms. The minimum Gasteiger partial charge on any atom is -0.396 e. The fraction of sp³-hybridized carbons (Fsp3) is 0.471. The van der Waals surface area contributed by atoms with Crippen molar-refractivity contribution < 1.29 is 24.2 Å². The molecule has 7 nitrogen and oxygen atoms in total. The third kappa shape index (κ3) is 5.14. The molecule has 1 aromatic rings. The molecule has 0 saturated carbocycles. The highest BCUT2D eigenvalue weighted by Gasteiger charge is 2.49. The van der Waals surface area contributed by atoms with E-state index in [1.165, 1.54) is 0 Å². The zero-order valence-electron chi connectivity index (χ0n) is 13.6. The number of amides is 2. The Kier molecular flexibility index (Phi) is 6.05. The molecule has 0 bridgehead atoms. The molecule has 1 aromatic carbocycles. The molecule has 7 heteroatoms. The fourth-order valence-corrected chi connectivity index (χ4v) is 2.29. The van der Waals surface area contributed by atoms with Crippen LogP contribution in [0, 0.1) is 0 Å². The standard InChI is InChI=1S/C17H22N2O5/c1-17(11-24-17)16(23)13(9-12-5-3-2-4-6-12)19-15(22)10-18-14(21)7-8-20/h2-6,13,20H,7-11H2,1H3,(H,18,21)(H,19,22)/t13?,17-/m1/s1. The second-order valence-corrected chi connectivity index (χ2v) is 5.94. The summed E-state index contributed by atoms with van der Waals surface area (Å²) in [7, 11) is 0. The summed E-state index contributed by atoms with van der Waals surface area (Å²) in [4.78, 5) is 35.9. The Morgan fingerprint density at radius 3 is 2.50 bits per heavy atom. The van der Waals surface area contributed by atoms with E-state index in [9.17, 15) is 14.4 Å². The van der Waals surface area contributed by atoms with E-state index < -0.39 is 23.5 Å². The van der Waals surface area contributed by atoms with Crippen LogP contribution in [0.4, 0.5) is 0 Å². The number of hydrogen-bond acceptors (Lipinski definition) is 5. The van der Waals surface area contributed by atoms with Gasteiger partial charge in [0.25, 0.3) is 0 Å². The molecule has 1 saturated heterocycles. The molecule has 2 rings (SSSR count). The number of carbonyl (C=O) groups excluding carboxylic acids is 3. The monoisotopic (exact) mass is 334 g/mol. The van der Waals surface area contributed by atoms with Gasteiger partial charge in [0.2, 0.25) is 11.8 Å². The third-order valence-electron chi connectivity index (χ3n) is 3.82. The second kappa shape index (κ2) is 8.03. The van der Waals surface area contributed by atoms with Crippen LogP contribution in [-0.4, -0.2) is 54.1 Å². The Bertz CT molecular complexity index is 598. The van der Waals surface area contributed by atoms with E-state index in [4.69, 9.17) is 9.84 Å². The van der Waals surface area contributed by atoms with Crippen LogP contribution in [0.2, 0.25) is 0 Å². The van der Waals surface area contributed by atoms with E-state index in [-0.39, 0.29) is 25.4 Å². The summed E-state index contributed by atoms with van der Waals surface area (Å²) in [6, 6.07) is 8.65. The van der Waals surface area contributed by atoms with Crippen molar-refractivity contribution in [2.24, 2.45) is 0 Å². The number of benzene rings is 1. The van der Waals surface area contributed by atoms with Crippen LogP contribution in [0.5, 0.6) is 0 Å². The van der Waals surface area contributed by atoms with Gasteiger partial charge in [-0.3, -0.25) is 14.4 Å². The molecular formula is C17H22N2O5. The predicted octanol–water partition coefficient (Wildman–Crippen LogP) is -0.429. The van der Waals surface area contributed by atoms with E-state index >= 15 is 0 Å². The molecular weight excluding hydrogens is 312 g/mol. The van der Waals surface area contributed by atoms with Crippen LogP contribution >= 0.6 is 0 Å². The number of ether oxygens (including phenoxy) is 1. The number of nitrogens with one attached hydrogen (secondary N) is 2. The van der Waals surface area contributed by atoms with Crippen molar-refractivity contribution in [3.05, 3.63) is 35.9 Å². The predicted molar refractivity (Wildman–Crippen MR) is 86.2 cm³/mol. The molecule has 1 heterocycles. The van der Waals surface area contributed by atoms with Gasteiger partial charge in [-0.25, -0.2) is 0 Å². The first-order valence-electron chi connectivity index (χ1n) is 7.84. The third-order valence-corrected chi connectivity index (χ3v) is 3.82. The normalized spacial score (nSPS) is 20.1. The highest BCUT2D eigenvalue weighted by molar-refractivity contribution is 5.97. The van der Waals surface area contributed by atoms with Gasteiger partial charge < -0.3 is 20.5 Å². The molecule has 0 aromatic heterocycles. The highest BCUT2D eigenvalue weighted by atomic mass is 16.6. The van der Waals surface area contributed by atoms with Gasteiger partial charge in [0.05, 0.1) is 25.8 Å². The number of Topliss-reactive ketones (excluding diaryl/α,β-unsaturated/α-hetero) is 1. The van der Waals surface area contributed by atoms with E-state index in [1.54, 1.807) is 6.92 Å². The van der Waals surface area contributed by atoms with Gasteiger partial charge in [-0.2, -0.15) is 0 Å². The number of ketones is 1. The van der Waals surface area contributed by atoms with Crippen molar-refractivity contribution in [1.29, 1.82) is 0 Å². The van der Waals surface area contributed by atoms with Crippen molar-refractivity contribution >= 4 is 17.6 Å². The molecule has 2 atom stereocenters. The zero-order chi connectivity index (χ0) is 17.6. The molecule has 1 aliphatic heterocycles. The fourth-order valence-electron chi connectivity index (χ4n) is 2.29. The van der Waals surface area contributed by atoms with E-state index in [2.05, 4.69) is 10.6 Å². The number of carbonyl (C=O) groups is 3. The van der Waals surface area contributed by atoms with Crippen LogP contribution in [-0.2, 0) is 25.5 Å². The maximum atomic E-state index is 12.5. The van der Waals surface area contributed by atoms with Crippen LogP contribution in [0.1, 0.15) is 18.9 Å². The Labute approximate surface area is 140 Å². The first kappa shape index (κ1) is 18.1. The van der Waals surface area contributed by atoms with E-state index in [0.717, 1.165) is 5.56 Å². The maximum absolute atomic E-state index is 12.5. The highest BCUT2D eigenvalue weighted by Crippen LogP contribution is 2.29. The van der Waals surface area contributed by atoms with Crippen molar-refractivity contribution in [3.63, 3.8) is 0 Å². The molecule has 0 radical (unpaired) electrons. The first-order chi connectivity index (χ1) is 11.4. The zero-order valence-corrected chi connectivity index (χ0v) is 13.6. The molecule has 24 heavy (non-hydrogen) atoms. The topological polar surface area (TPSA) is 108 Å². The number of rotatable bonds is 9. The average molecular weight is 334 g/mol. The lowest BCUT2D eigenvalue weighted by Gasteiger charge is -2.20. The number of epoxide rings is 1. The largest absolute Gasteiger partial charge is 0.396 e. The summed E-state index contributed by atoms with van der Waals surface area (Å²) in [6.07, 6.45) is 0.292. The van der Waals surface area contributed by atoms with Crippen LogP contribution < -0.4 is 10.6 Å². The Morgan fingerprint density at radius 1 is 1.25 bits per heavy atom. The summed E-state index contributed by atoms with van der Waals surface area (Å²) < 4.78 is 5.19. The summed E-state index contributed by atoms with van der Waals surface area (Å²) in [5.74, 6) is -1.06. The Morgan fingerprint density at radius 2 is 1.92 bits per heavy atom.